The SMILES string of the molecule is COc1ccc(CN2C[C@@]3(CC[C@H]4[C@]56C=C[C@@]7(C=C5C(=O)c5ccccc5-c5ccccc5)C[C@@H](O)CC[C@]7(C)[C@H]6CC[C@@]43C)OC2=O)c(OC)c1. The molecular weight excluding hydrogens is 650 g/mol. The van der Waals surface area contributed by atoms with Crippen molar-refractivity contribution in [3.05, 3.63) is 108 Å². The summed E-state index contributed by atoms with van der Waals surface area (Å²) < 4.78 is 17.7. The van der Waals surface area contributed by atoms with Crippen LogP contribution in [0.15, 0.2) is 96.6 Å². The van der Waals surface area contributed by atoms with Crippen LogP contribution in [0.25, 0.3) is 11.1 Å². The number of hydrogen-bond donors (Lipinski definition) is 1. The van der Waals surface area contributed by atoms with Crippen LogP contribution in [0.3, 0.4) is 0 Å². The van der Waals surface area contributed by atoms with Crippen LogP contribution >= 0.6 is 0 Å². The molecule has 1 saturated heterocycles. The highest BCUT2D eigenvalue weighted by Crippen LogP contribution is 2.79. The zero-order valence-corrected chi connectivity index (χ0v) is 30.7. The van der Waals surface area contributed by atoms with Crippen LogP contribution in [-0.4, -0.2) is 54.4 Å². The molecule has 3 aromatic rings. The zero-order valence-electron chi connectivity index (χ0n) is 30.7. The Balaban J connectivity index is 1.13. The van der Waals surface area contributed by atoms with Gasteiger partial charge in [0.15, 0.2) is 5.78 Å². The topological polar surface area (TPSA) is 85.3 Å². The molecule has 6 aliphatic carbocycles. The van der Waals surface area contributed by atoms with Gasteiger partial charge in [-0.3, -0.25) is 9.69 Å². The number of nitrogens with zero attached hydrogens (tertiary/aromatic N) is 1. The van der Waals surface area contributed by atoms with E-state index in [1.165, 1.54) is 0 Å². The van der Waals surface area contributed by atoms with Gasteiger partial charge in [0.2, 0.25) is 0 Å². The summed E-state index contributed by atoms with van der Waals surface area (Å²) in [6.45, 7) is 5.66. The number of methoxy groups -OCH3 is 2. The third kappa shape index (κ3) is 4.35. The Kier molecular flexibility index (Phi) is 7.45. The molecular formula is C45H49NO6. The minimum Gasteiger partial charge on any atom is -0.497 e. The fraction of sp³-hybridized carbons (Fsp3) is 0.467. The van der Waals surface area contributed by atoms with Gasteiger partial charge in [-0.15, -0.1) is 0 Å². The standard InChI is InChI=1S/C45H49NO6/c1-41-19-16-31(47)25-43(41)22-23-45(35(26-43)39(48)34-13-9-8-12-33(34)29-10-6-5-7-11-29)37(41)17-20-42(2)38(45)18-21-44(42)28-46(40(49)52-44)27-30-14-15-32(50-3)24-36(30)51-4/h5-15,22-24,26,31,37-38,47H,16-21,25,27-28H2,1-4H3/t31-,37+,38+,41+,42-,43-,44+,45+/m0/s1. The van der Waals surface area contributed by atoms with Gasteiger partial charge in [-0.2, -0.15) is 0 Å². The highest BCUT2D eigenvalue weighted by molar-refractivity contribution is 6.14. The molecule has 270 valence electrons. The molecule has 2 bridgehead atoms. The molecule has 8 atom stereocenters. The Morgan fingerprint density at radius 3 is 2.40 bits per heavy atom. The first-order valence-electron chi connectivity index (χ1n) is 19.0. The van der Waals surface area contributed by atoms with Crippen LogP contribution in [0.4, 0.5) is 4.79 Å². The summed E-state index contributed by atoms with van der Waals surface area (Å²) in [5, 5.41) is 11.1. The van der Waals surface area contributed by atoms with Crippen LogP contribution in [-0.2, 0) is 11.3 Å². The Morgan fingerprint density at radius 1 is 0.885 bits per heavy atom. The highest BCUT2D eigenvalue weighted by atomic mass is 16.6. The normalized spacial score (nSPS) is 36.9. The van der Waals surface area contributed by atoms with Crippen LogP contribution < -0.4 is 9.47 Å². The van der Waals surface area contributed by atoms with Gasteiger partial charge in [0.05, 0.1) is 33.4 Å². The van der Waals surface area contributed by atoms with E-state index in [9.17, 15) is 9.90 Å². The van der Waals surface area contributed by atoms with Crippen molar-refractivity contribution >= 4 is 11.9 Å². The van der Waals surface area contributed by atoms with E-state index in [0.717, 1.165) is 66.4 Å². The maximum atomic E-state index is 15.4. The van der Waals surface area contributed by atoms with Crippen molar-refractivity contribution in [2.45, 2.75) is 77.0 Å². The monoisotopic (exact) mass is 699 g/mol. The number of hydrogen-bond acceptors (Lipinski definition) is 6. The zero-order chi connectivity index (χ0) is 36.1. The minimum atomic E-state index is -0.673. The molecule has 0 aromatic heterocycles. The van der Waals surface area contributed by atoms with E-state index < -0.39 is 17.1 Å². The van der Waals surface area contributed by atoms with E-state index in [-0.39, 0.29) is 40.0 Å². The summed E-state index contributed by atoms with van der Waals surface area (Å²) in [4.78, 5) is 31.1. The summed E-state index contributed by atoms with van der Waals surface area (Å²) in [6.07, 6.45) is 12.2. The number of aliphatic hydroxyl groups excluding tert-OH is 1. The number of carbonyl (C=O) groups is 2. The summed E-state index contributed by atoms with van der Waals surface area (Å²) >= 11 is 0. The van der Waals surface area contributed by atoms with E-state index >= 15 is 4.79 Å². The van der Waals surface area contributed by atoms with Crippen molar-refractivity contribution in [3.8, 4) is 22.6 Å². The molecule has 7 aliphatic rings. The van der Waals surface area contributed by atoms with Crippen molar-refractivity contribution < 1.29 is 28.9 Å². The summed E-state index contributed by atoms with van der Waals surface area (Å²) in [5.74, 6) is 1.79. The second kappa shape index (κ2) is 11.6. The molecule has 4 fully saturated rings. The van der Waals surface area contributed by atoms with E-state index in [2.05, 4.69) is 50.3 Å². The third-order valence-corrected chi connectivity index (χ3v) is 15.0. The molecule has 1 heterocycles. The van der Waals surface area contributed by atoms with E-state index in [1.807, 2.05) is 59.5 Å². The van der Waals surface area contributed by atoms with E-state index in [1.54, 1.807) is 14.2 Å². The molecule has 1 aliphatic heterocycles. The fourth-order valence-electron chi connectivity index (χ4n) is 12.4. The number of ketones is 1. The number of fused-ring (bicyclic) bond motifs is 2. The Morgan fingerprint density at radius 2 is 1.62 bits per heavy atom. The molecule has 52 heavy (non-hydrogen) atoms. The largest absolute Gasteiger partial charge is 0.497 e. The average molecular weight is 700 g/mol. The van der Waals surface area contributed by atoms with Gasteiger partial charge in [-0.05, 0) is 85.5 Å². The molecule has 7 nitrogen and oxygen atoms in total. The number of aliphatic hydroxyl groups is 1. The van der Waals surface area contributed by atoms with Gasteiger partial charge >= 0.3 is 6.09 Å². The van der Waals surface area contributed by atoms with Crippen molar-refractivity contribution in [1.82, 2.24) is 4.90 Å². The predicted octanol–water partition coefficient (Wildman–Crippen LogP) is 8.80. The molecule has 1 amide bonds. The van der Waals surface area contributed by atoms with Crippen LogP contribution in [0.2, 0.25) is 0 Å². The number of rotatable bonds is 7. The minimum absolute atomic E-state index is 0.0807. The second-order valence-corrected chi connectivity index (χ2v) is 16.9. The smallest absolute Gasteiger partial charge is 0.410 e. The first-order valence-corrected chi connectivity index (χ1v) is 19.0. The fourth-order valence-corrected chi connectivity index (χ4v) is 12.4. The summed E-state index contributed by atoms with van der Waals surface area (Å²) in [7, 11) is 3.26. The number of Topliss-reactive ketones (excluding diaryl/α,β-unsaturated/α-hetero) is 1. The number of benzene rings is 3. The number of amides is 1. The summed E-state index contributed by atoms with van der Waals surface area (Å²) in [5.41, 5.74) is 2.43. The lowest BCUT2D eigenvalue weighted by Gasteiger charge is -2.71. The average Bonchev–Trinajstić information content (AvgIpc) is 3.65. The van der Waals surface area contributed by atoms with Gasteiger partial charge in [0.1, 0.15) is 17.1 Å². The Bertz CT molecular complexity index is 2020. The van der Waals surface area contributed by atoms with E-state index in [4.69, 9.17) is 14.2 Å². The molecule has 7 heteroatoms. The van der Waals surface area contributed by atoms with Gasteiger partial charge < -0.3 is 19.3 Å². The molecule has 0 radical (unpaired) electrons. The Labute approximate surface area is 306 Å². The van der Waals surface area contributed by atoms with Gasteiger partial charge in [0, 0.05) is 39.0 Å². The van der Waals surface area contributed by atoms with Crippen molar-refractivity contribution in [2.24, 2.45) is 33.5 Å². The third-order valence-electron chi connectivity index (χ3n) is 15.0. The highest BCUT2D eigenvalue weighted by Gasteiger charge is 2.76. The molecule has 0 unspecified atom stereocenters. The van der Waals surface area contributed by atoms with Gasteiger partial charge in [0.25, 0.3) is 0 Å². The van der Waals surface area contributed by atoms with Crippen molar-refractivity contribution in [2.75, 3.05) is 20.8 Å². The van der Waals surface area contributed by atoms with Crippen molar-refractivity contribution in [3.63, 3.8) is 0 Å². The molecule has 1 N–H and O–H groups in total. The Hall–Kier alpha value is -4.36. The lowest BCUT2D eigenvalue weighted by Crippen LogP contribution is -2.67. The molecule has 3 aromatic carbocycles. The number of allylic oxidation sites excluding steroid dienone is 4. The first-order chi connectivity index (χ1) is 25.0. The quantitative estimate of drug-likeness (QED) is 0.196. The summed E-state index contributed by atoms with van der Waals surface area (Å²) in [6, 6.07) is 23.9. The molecule has 10 rings (SSSR count). The van der Waals surface area contributed by atoms with E-state index in [0.29, 0.717) is 31.0 Å². The first kappa shape index (κ1) is 33.5. The maximum Gasteiger partial charge on any atom is 0.410 e. The predicted molar refractivity (Wildman–Crippen MR) is 199 cm³/mol. The van der Waals surface area contributed by atoms with Crippen LogP contribution in [0.5, 0.6) is 11.5 Å². The second-order valence-electron chi connectivity index (χ2n) is 16.9. The van der Waals surface area contributed by atoms with Crippen molar-refractivity contribution in [1.29, 1.82) is 0 Å². The number of ether oxygens (including phenoxy) is 3. The lowest BCUT2D eigenvalue weighted by molar-refractivity contribution is -0.164. The van der Waals surface area contributed by atoms with Gasteiger partial charge in [-0.25, -0.2) is 4.79 Å². The molecule has 3 saturated carbocycles. The van der Waals surface area contributed by atoms with Crippen LogP contribution in [0, 0.1) is 33.5 Å². The lowest BCUT2D eigenvalue weighted by atomic mass is 9.32. The van der Waals surface area contributed by atoms with Crippen LogP contribution in [0.1, 0.15) is 74.7 Å². The number of carbonyl (C=O) groups excluding carboxylic acids is 2. The molecule has 3 spiro atoms. The van der Waals surface area contributed by atoms with Gasteiger partial charge in [-0.1, -0.05) is 86.7 Å². The maximum absolute atomic E-state index is 15.4.